The molecule has 1 amide bonds. The minimum atomic E-state index is -0.242. The maximum Gasteiger partial charge on any atom is 0.226 e. The second-order valence-electron chi connectivity index (χ2n) is 5.38. The SMILES string of the molecule is CCN(C(=O)C1CCNCC1)C(C)c1ccc(F)cc1.Cl. The number of carbonyl (C=O) groups is 1. The summed E-state index contributed by atoms with van der Waals surface area (Å²) in [6.07, 6.45) is 1.82. The van der Waals surface area contributed by atoms with Crippen molar-refractivity contribution in [3.63, 3.8) is 0 Å². The van der Waals surface area contributed by atoms with E-state index in [2.05, 4.69) is 5.32 Å². The molecule has 1 heterocycles. The molecule has 1 saturated heterocycles. The van der Waals surface area contributed by atoms with Crippen LogP contribution in [0.2, 0.25) is 0 Å². The lowest BCUT2D eigenvalue weighted by molar-refractivity contribution is -0.138. The minimum Gasteiger partial charge on any atom is -0.336 e. The van der Waals surface area contributed by atoms with Crippen LogP contribution in [0.4, 0.5) is 4.39 Å². The van der Waals surface area contributed by atoms with Gasteiger partial charge in [-0.05, 0) is 57.5 Å². The lowest BCUT2D eigenvalue weighted by Gasteiger charge is -2.33. The molecule has 0 spiro atoms. The van der Waals surface area contributed by atoms with E-state index in [0.717, 1.165) is 31.5 Å². The van der Waals surface area contributed by atoms with Crippen LogP contribution < -0.4 is 5.32 Å². The number of halogens is 2. The Bertz CT molecular complexity index is 446. The fraction of sp³-hybridized carbons (Fsp3) is 0.562. The Hall–Kier alpha value is -1.13. The highest BCUT2D eigenvalue weighted by Gasteiger charge is 2.28. The summed E-state index contributed by atoms with van der Waals surface area (Å²) in [6.45, 7) is 6.52. The summed E-state index contributed by atoms with van der Waals surface area (Å²) in [5, 5.41) is 3.28. The smallest absolute Gasteiger partial charge is 0.226 e. The van der Waals surface area contributed by atoms with E-state index in [9.17, 15) is 9.18 Å². The van der Waals surface area contributed by atoms with Gasteiger partial charge in [0.1, 0.15) is 5.82 Å². The zero-order valence-corrected chi connectivity index (χ0v) is 13.5. The van der Waals surface area contributed by atoms with Crippen LogP contribution in [-0.2, 0) is 4.79 Å². The van der Waals surface area contributed by atoms with Gasteiger partial charge in [0.25, 0.3) is 0 Å². The zero-order valence-electron chi connectivity index (χ0n) is 12.6. The molecule has 1 aliphatic rings. The molecule has 21 heavy (non-hydrogen) atoms. The van der Waals surface area contributed by atoms with E-state index in [4.69, 9.17) is 0 Å². The number of nitrogens with one attached hydrogen (secondary N) is 1. The van der Waals surface area contributed by atoms with Gasteiger partial charge in [-0.3, -0.25) is 4.79 Å². The van der Waals surface area contributed by atoms with Gasteiger partial charge in [-0.15, -0.1) is 12.4 Å². The van der Waals surface area contributed by atoms with Gasteiger partial charge in [-0.2, -0.15) is 0 Å². The van der Waals surface area contributed by atoms with Crippen molar-refractivity contribution < 1.29 is 9.18 Å². The third kappa shape index (κ3) is 4.42. The average molecular weight is 315 g/mol. The third-order valence-corrected chi connectivity index (χ3v) is 4.13. The van der Waals surface area contributed by atoms with E-state index in [0.29, 0.717) is 6.54 Å². The highest BCUT2D eigenvalue weighted by atomic mass is 35.5. The molecular weight excluding hydrogens is 291 g/mol. The standard InChI is InChI=1S/C16H23FN2O.ClH/c1-3-19(16(20)14-8-10-18-11-9-14)12(2)13-4-6-15(17)7-5-13;/h4-7,12,14,18H,3,8-11H2,1-2H3;1H. The van der Waals surface area contributed by atoms with Crippen LogP contribution in [0.1, 0.15) is 38.3 Å². The molecule has 1 N–H and O–H groups in total. The first kappa shape index (κ1) is 17.9. The van der Waals surface area contributed by atoms with Gasteiger partial charge in [0, 0.05) is 12.5 Å². The Morgan fingerprint density at radius 1 is 1.33 bits per heavy atom. The molecule has 3 nitrogen and oxygen atoms in total. The van der Waals surface area contributed by atoms with Crippen molar-refractivity contribution in [2.24, 2.45) is 5.92 Å². The molecule has 118 valence electrons. The second kappa shape index (κ2) is 8.35. The van der Waals surface area contributed by atoms with Crippen molar-refractivity contribution in [3.8, 4) is 0 Å². The Labute approximate surface area is 132 Å². The van der Waals surface area contributed by atoms with Crippen molar-refractivity contribution in [2.75, 3.05) is 19.6 Å². The number of carbonyl (C=O) groups excluding carboxylic acids is 1. The molecule has 1 unspecified atom stereocenters. The lowest BCUT2D eigenvalue weighted by Crippen LogP contribution is -2.42. The normalized spacial score (nSPS) is 16.9. The maximum absolute atomic E-state index is 13.0. The third-order valence-electron chi connectivity index (χ3n) is 4.13. The molecule has 0 aromatic heterocycles. The minimum absolute atomic E-state index is 0. The fourth-order valence-corrected chi connectivity index (χ4v) is 2.85. The summed E-state index contributed by atoms with van der Waals surface area (Å²) in [5.41, 5.74) is 0.982. The Morgan fingerprint density at radius 3 is 2.43 bits per heavy atom. The van der Waals surface area contributed by atoms with Crippen LogP contribution >= 0.6 is 12.4 Å². The average Bonchev–Trinajstić information content (AvgIpc) is 2.49. The first-order valence-corrected chi connectivity index (χ1v) is 7.40. The number of nitrogens with zero attached hydrogens (tertiary/aromatic N) is 1. The number of hydrogen-bond donors (Lipinski definition) is 1. The van der Waals surface area contributed by atoms with Gasteiger partial charge in [0.05, 0.1) is 6.04 Å². The Morgan fingerprint density at radius 2 is 1.90 bits per heavy atom. The molecule has 5 heteroatoms. The molecule has 0 bridgehead atoms. The lowest BCUT2D eigenvalue weighted by atomic mass is 9.95. The summed E-state index contributed by atoms with van der Waals surface area (Å²) < 4.78 is 13.0. The summed E-state index contributed by atoms with van der Waals surface area (Å²) in [5.74, 6) is 0.110. The van der Waals surface area contributed by atoms with Crippen molar-refractivity contribution in [3.05, 3.63) is 35.6 Å². The van der Waals surface area contributed by atoms with Gasteiger partial charge >= 0.3 is 0 Å². The van der Waals surface area contributed by atoms with E-state index in [1.807, 2.05) is 18.7 Å². The molecule has 1 aromatic rings. The first-order chi connectivity index (χ1) is 9.63. The largest absolute Gasteiger partial charge is 0.336 e. The summed E-state index contributed by atoms with van der Waals surface area (Å²) >= 11 is 0. The number of piperidine rings is 1. The molecule has 0 aliphatic carbocycles. The Kier molecular flexibility index (Phi) is 7.12. The zero-order chi connectivity index (χ0) is 14.5. The van der Waals surface area contributed by atoms with Crippen LogP contribution in [0.5, 0.6) is 0 Å². The van der Waals surface area contributed by atoms with E-state index in [1.54, 1.807) is 12.1 Å². The van der Waals surface area contributed by atoms with Gasteiger partial charge in [0.15, 0.2) is 0 Å². The Balaban J connectivity index is 0.00000220. The monoisotopic (exact) mass is 314 g/mol. The molecule has 1 aromatic carbocycles. The highest BCUT2D eigenvalue weighted by Crippen LogP contribution is 2.24. The van der Waals surface area contributed by atoms with Crippen LogP contribution in [0.15, 0.2) is 24.3 Å². The number of benzene rings is 1. The van der Waals surface area contributed by atoms with E-state index in [1.165, 1.54) is 12.1 Å². The van der Waals surface area contributed by atoms with Gasteiger partial charge in [0.2, 0.25) is 5.91 Å². The molecule has 2 rings (SSSR count). The van der Waals surface area contributed by atoms with Crippen LogP contribution in [0.25, 0.3) is 0 Å². The highest BCUT2D eigenvalue weighted by molar-refractivity contribution is 5.85. The summed E-state index contributed by atoms with van der Waals surface area (Å²) in [6, 6.07) is 6.42. The van der Waals surface area contributed by atoms with Crippen molar-refractivity contribution in [1.29, 1.82) is 0 Å². The predicted molar refractivity (Wildman–Crippen MR) is 85.0 cm³/mol. The summed E-state index contributed by atoms with van der Waals surface area (Å²) in [7, 11) is 0. The second-order valence-corrected chi connectivity index (χ2v) is 5.38. The van der Waals surface area contributed by atoms with E-state index < -0.39 is 0 Å². The first-order valence-electron chi connectivity index (χ1n) is 7.40. The predicted octanol–water partition coefficient (Wildman–Crippen LogP) is 3.16. The molecule has 0 saturated carbocycles. The van der Waals surface area contributed by atoms with Crippen molar-refractivity contribution in [2.45, 2.75) is 32.7 Å². The number of amides is 1. The fourth-order valence-electron chi connectivity index (χ4n) is 2.85. The quantitative estimate of drug-likeness (QED) is 0.926. The van der Waals surface area contributed by atoms with Crippen molar-refractivity contribution in [1.82, 2.24) is 10.2 Å². The maximum atomic E-state index is 13.0. The number of rotatable bonds is 4. The van der Waals surface area contributed by atoms with Crippen molar-refractivity contribution >= 4 is 18.3 Å². The topological polar surface area (TPSA) is 32.3 Å². The molecular formula is C16H24ClFN2O. The molecule has 0 radical (unpaired) electrons. The van der Waals surface area contributed by atoms with Gasteiger partial charge < -0.3 is 10.2 Å². The van der Waals surface area contributed by atoms with E-state index in [-0.39, 0.29) is 36.1 Å². The summed E-state index contributed by atoms with van der Waals surface area (Å²) in [4.78, 5) is 14.5. The number of hydrogen-bond acceptors (Lipinski definition) is 2. The van der Waals surface area contributed by atoms with E-state index >= 15 is 0 Å². The molecule has 1 atom stereocenters. The van der Waals surface area contributed by atoms with Gasteiger partial charge in [-0.25, -0.2) is 4.39 Å². The van der Waals surface area contributed by atoms with Gasteiger partial charge in [-0.1, -0.05) is 12.1 Å². The van der Waals surface area contributed by atoms with Crippen LogP contribution in [-0.4, -0.2) is 30.4 Å². The molecule has 1 aliphatic heterocycles. The van der Waals surface area contributed by atoms with Crippen LogP contribution in [0.3, 0.4) is 0 Å². The van der Waals surface area contributed by atoms with Crippen LogP contribution in [0, 0.1) is 11.7 Å². The molecule has 1 fully saturated rings.